The van der Waals surface area contributed by atoms with E-state index in [9.17, 15) is 14.4 Å². The van der Waals surface area contributed by atoms with Crippen LogP contribution in [0.2, 0.25) is 0 Å². The Labute approximate surface area is 152 Å². The summed E-state index contributed by atoms with van der Waals surface area (Å²) < 4.78 is 5.60. The Hall–Kier alpha value is -2.12. The second-order valence-corrected chi connectivity index (χ2v) is 6.05. The number of hydrogen-bond acceptors (Lipinski definition) is 5. The van der Waals surface area contributed by atoms with Crippen molar-refractivity contribution in [3.63, 3.8) is 0 Å². The van der Waals surface area contributed by atoms with Crippen LogP contribution < -0.4 is 15.0 Å². The summed E-state index contributed by atoms with van der Waals surface area (Å²) in [5.74, 6) is 0.0438. The van der Waals surface area contributed by atoms with Crippen molar-refractivity contribution in [1.82, 2.24) is 10.2 Å². The molecule has 136 valence electrons. The van der Waals surface area contributed by atoms with Gasteiger partial charge in [0.2, 0.25) is 5.91 Å². The summed E-state index contributed by atoms with van der Waals surface area (Å²) >= 11 is 0. The molecule has 2 amide bonds. The summed E-state index contributed by atoms with van der Waals surface area (Å²) in [6, 6.07) is 4.96. The zero-order valence-electron chi connectivity index (χ0n) is 14.3. The fourth-order valence-electron chi connectivity index (χ4n) is 2.94. The first-order valence-corrected chi connectivity index (χ1v) is 8.09. The molecule has 2 aliphatic heterocycles. The van der Waals surface area contributed by atoms with Gasteiger partial charge in [0.05, 0.1) is 5.69 Å². The first-order valence-electron chi connectivity index (χ1n) is 8.09. The predicted octanol–water partition coefficient (Wildman–Crippen LogP) is 0.857. The summed E-state index contributed by atoms with van der Waals surface area (Å²) in [5.41, 5.74) is 0.966. The number of hydrogen-bond donors (Lipinski definition) is 1. The first kappa shape index (κ1) is 19.2. The number of anilines is 1. The molecule has 1 aromatic carbocycles. The van der Waals surface area contributed by atoms with Gasteiger partial charge in [0, 0.05) is 31.7 Å². The van der Waals surface area contributed by atoms with Crippen LogP contribution in [0.3, 0.4) is 0 Å². The standard InChI is InChI=1S/C17H21N3O4.ClH/c1-11(21)13-3-4-15-14(9-13)20(17(23)12(2)24-15)10-16(22)19-7-5-18-6-8-19;/h3-4,9,12,18H,5-8,10H2,1-2H3;1H. The van der Waals surface area contributed by atoms with E-state index in [-0.39, 0.29) is 36.5 Å². The molecule has 1 atom stereocenters. The third-order valence-electron chi connectivity index (χ3n) is 4.34. The third kappa shape index (κ3) is 3.93. The molecule has 1 aromatic rings. The molecule has 0 aliphatic carbocycles. The van der Waals surface area contributed by atoms with E-state index in [0.717, 1.165) is 13.1 Å². The third-order valence-corrected chi connectivity index (χ3v) is 4.34. The van der Waals surface area contributed by atoms with E-state index in [4.69, 9.17) is 4.74 Å². The Kier molecular flexibility index (Phi) is 6.02. The number of nitrogens with zero attached hydrogens (tertiary/aromatic N) is 2. The molecule has 1 N–H and O–H groups in total. The largest absolute Gasteiger partial charge is 0.479 e. The van der Waals surface area contributed by atoms with Crippen LogP contribution in [-0.2, 0) is 9.59 Å². The van der Waals surface area contributed by atoms with Gasteiger partial charge in [0.25, 0.3) is 5.91 Å². The van der Waals surface area contributed by atoms with Crippen LogP contribution in [0.15, 0.2) is 18.2 Å². The highest BCUT2D eigenvalue weighted by molar-refractivity contribution is 6.05. The number of benzene rings is 1. The summed E-state index contributed by atoms with van der Waals surface area (Å²) in [6.07, 6.45) is -0.656. The predicted molar refractivity (Wildman–Crippen MR) is 95.6 cm³/mol. The molecule has 0 spiro atoms. The van der Waals surface area contributed by atoms with Gasteiger partial charge < -0.3 is 15.0 Å². The molecule has 1 saturated heterocycles. The van der Waals surface area contributed by atoms with Crippen molar-refractivity contribution in [3.8, 4) is 5.75 Å². The Morgan fingerprint density at radius 3 is 2.60 bits per heavy atom. The highest BCUT2D eigenvalue weighted by atomic mass is 35.5. The Balaban J connectivity index is 0.00000225. The summed E-state index contributed by atoms with van der Waals surface area (Å²) in [6.45, 7) is 5.86. The number of halogens is 1. The zero-order valence-corrected chi connectivity index (χ0v) is 15.1. The topological polar surface area (TPSA) is 79.0 Å². The molecule has 8 heteroatoms. The quantitative estimate of drug-likeness (QED) is 0.801. The highest BCUT2D eigenvalue weighted by Gasteiger charge is 2.34. The maximum Gasteiger partial charge on any atom is 0.268 e. The molecule has 7 nitrogen and oxygen atoms in total. The van der Waals surface area contributed by atoms with Gasteiger partial charge in [-0.3, -0.25) is 19.3 Å². The number of Topliss-reactive ketones (excluding diaryl/α,β-unsaturated/α-hetero) is 1. The van der Waals surface area contributed by atoms with Gasteiger partial charge in [-0.05, 0) is 32.0 Å². The summed E-state index contributed by atoms with van der Waals surface area (Å²) in [4.78, 5) is 39.9. The minimum absolute atomic E-state index is 0. The molecule has 1 unspecified atom stereocenters. The molecule has 2 aliphatic rings. The molecule has 0 saturated carbocycles. The lowest BCUT2D eigenvalue weighted by Gasteiger charge is -2.35. The maximum atomic E-state index is 12.5. The van der Waals surface area contributed by atoms with E-state index >= 15 is 0 Å². The van der Waals surface area contributed by atoms with Crippen LogP contribution in [0.5, 0.6) is 5.75 Å². The van der Waals surface area contributed by atoms with E-state index in [2.05, 4.69) is 5.32 Å². The number of carbonyl (C=O) groups excluding carboxylic acids is 3. The van der Waals surface area contributed by atoms with Crippen LogP contribution in [0.4, 0.5) is 5.69 Å². The number of fused-ring (bicyclic) bond motifs is 1. The fraction of sp³-hybridized carbons (Fsp3) is 0.471. The van der Waals surface area contributed by atoms with E-state index < -0.39 is 6.10 Å². The van der Waals surface area contributed by atoms with Gasteiger partial charge in [0.1, 0.15) is 12.3 Å². The number of amides is 2. The van der Waals surface area contributed by atoms with Gasteiger partial charge in [-0.2, -0.15) is 0 Å². The number of ether oxygens (including phenoxy) is 1. The van der Waals surface area contributed by atoms with Crippen molar-refractivity contribution in [2.75, 3.05) is 37.6 Å². The number of rotatable bonds is 3. The first-order chi connectivity index (χ1) is 11.5. The van der Waals surface area contributed by atoms with E-state index in [0.29, 0.717) is 30.1 Å². The minimum atomic E-state index is -0.656. The van der Waals surface area contributed by atoms with Crippen LogP contribution in [-0.4, -0.2) is 61.3 Å². The molecular weight excluding hydrogens is 346 g/mol. The monoisotopic (exact) mass is 367 g/mol. The van der Waals surface area contributed by atoms with Crippen molar-refractivity contribution >= 4 is 35.7 Å². The van der Waals surface area contributed by atoms with Crippen LogP contribution in [0.25, 0.3) is 0 Å². The molecule has 2 heterocycles. The van der Waals surface area contributed by atoms with Crippen LogP contribution >= 0.6 is 12.4 Å². The average Bonchev–Trinajstić information content (AvgIpc) is 2.59. The molecule has 0 radical (unpaired) electrons. The lowest BCUT2D eigenvalue weighted by atomic mass is 10.1. The van der Waals surface area contributed by atoms with Crippen molar-refractivity contribution in [2.45, 2.75) is 20.0 Å². The van der Waals surface area contributed by atoms with E-state index in [1.165, 1.54) is 11.8 Å². The Morgan fingerprint density at radius 1 is 1.28 bits per heavy atom. The fourth-order valence-corrected chi connectivity index (χ4v) is 2.94. The van der Waals surface area contributed by atoms with Crippen LogP contribution in [0.1, 0.15) is 24.2 Å². The molecule has 0 aromatic heterocycles. The van der Waals surface area contributed by atoms with Crippen molar-refractivity contribution in [3.05, 3.63) is 23.8 Å². The van der Waals surface area contributed by atoms with Gasteiger partial charge in [-0.15, -0.1) is 12.4 Å². The van der Waals surface area contributed by atoms with Gasteiger partial charge >= 0.3 is 0 Å². The Morgan fingerprint density at radius 2 is 1.96 bits per heavy atom. The van der Waals surface area contributed by atoms with Crippen molar-refractivity contribution < 1.29 is 19.1 Å². The maximum absolute atomic E-state index is 12.5. The van der Waals surface area contributed by atoms with Gasteiger partial charge in [0.15, 0.2) is 11.9 Å². The molecular formula is C17H22ClN3O4. The molecule has 1 fully saturated rings. The SMILES string of the molecule is CC(=O)c1ccc2c(c1)N(CC(=O)N1CCNCC1)C(=O)C(C)O2.Cl. The zero-order chi connectivity index (χ0) is 17.3. The van der Waals surface area contributed by atoms with Gasteiger partial charge in [-0.1, -0.05) is 0 Å². The number of ketones is 1. The highest BCUT2D eigenvalue weighted by Crippen LogP contribution is 2.35. The Bertz CT molecular complexity index is 688. The average molecular weight is 368 g/mol. The lowest BCUT2D eigenvalue weighted by Crippen LogP contribution is -2.53. The molecule has 0 bridgehead atoms. The smallest absolute Gasteiger partial charge is 0.268 e. The minimum Gasteiger partial charge on any atom is -0.479 e. The van der Waals surface area contributed by atoms with Crippen molar-refractivity contribution in [2.24, 2.45) is 0 Å². The normalized spacial score (nSPS) is 19.6. The van der Waals surface area contributed by atoms with Crippen molar-refractivity contribution in [1.29, 1.82) is 0 Å². The van der Waals surface area contributed by atoms with E-state index in [1.54, 1.807) is 30.0 Å². The lowest BCUT2D eigenvalue weighted by molar-refractivity contribution is -0.133. The number of nitrogens with one attached hydrogen (secondary N) is 1. The summed E-state index contributed by atoms with van der Waals surface area (Å²) in [7, 11) is 0. The van der Waals surface area contributed by atoms with Crippen LogP contribution in [0, 0.1) is 0 Å². The summed E-state index contributed by atoms with van der Waals surface area (Å²) in [5, 5.41) is 3.19. The number of piperazine rings is 1. The molecule has 3 rings (SSSR count). The number of carbonyl (C=O) groups is 3. The second-order valence-electron chi connectivity index (χ2n) is 6.05. The second kappa shape index (κ2) is 7.84. The van der Waals surface area contributed by atoms with E-state index in [1.807, 2.05) is 0 Å². The molecule has 25 heavy (non-hydrogen) atoms. The van der Waals surface area contributed by atoms with Gasteiger partial charge in [-0.25, -0.2) is 0 Å².